The summed E-state index contributed by atoms with van der Waals surface area (Å²) in [6, 6.07) is 15.3. The highest BCUT2D eigenvalue weighted by Crippen LogP contribution is 2.17. The minimum atomic E-state index is -0.426. The summed E-state index contributed by atoms with van der Waals surface area (Å²) in [5, 5.41) is 7.26. The average Bonchev–Trinajstić information content (AvgIpc) is 3.08. The lowest BCUT2D eigenvalue weighted by Crippen LogP contribution is -2.44. The molecule has 2 amide bonds. The molecule has 3 aromatic rings. The normalized spacial score (nSPS) is 10.4. The van der Waals surface area contributed by atoms with Crippen LogP contribution in [0.15, 0.2) is 59.2 Å². The zero-order valence-electron chi connectivity index (χ0n) is 15.5. The molecule has 0 atom stereocenters. The van der Waals surface area contributed by atoms with Gasteiger partial charge in [-0.25, -0.2) is 4.68 Å². The molecule has 3 N–H and O–H groups in total. The van der Waals surface area contributed by atoms with Crippen LogP contribution in [-0.4, -0.2) is 28.1 Å². The molecule has 144 valence electrons. The van der Waals surface area contributed by atoms with Crippen LogP contribution < -0.4 is 16.2 Å². The highest BCUT2D eigenvalue weighted by molar-refractivity contribution is 9.10. The summed E-state index contributed by atoms with van der Waals surface area (Å²) in [4.78, 5) is 24.3. The summed E-state index contributed by atoms with van der Waals surface area (Å²) in [6.07, 6.45) is 1.48. The Morgan fingerprint density at radius 1 is 1.00 bits per heavy atom. The molecule has 1 heterocycles. The van der Waals surface area contributed by atoms with E-state index in [1.807, 2.05) is 55.5 Å². The zero-order chi connectivity index (χ0) is 20.1. The molecule has 0 bridgehead atoms. The van der Waals surface area contributed by atoms with E-state index < -0.39 is 5.91 Å². The van der Waals surface area contributed by atoms with Crippen LogP contribution in [0, 0.1) is 13.8 Å². The maximum atomic E-state index is 12.4. The fraction of sp³-hybridized carbons (Fsp3) is 0.150. The number of halogens is 1. The summed E-state index contributed by atoms with van der Waals surface area (Å²) in [5.41, 5.74) is 8.69. The Morgan fingerprint density at radius 3 is 2.36 bits per heavy atom. The van der Waals surface area contributed by atoms with E-state index in [1.165, 1.54) is 6.20 Å². The smallest absolute Gasteiger partial charge is 0.273 e. The molecular formula is C20H20BrN5O2. The van der Waals surface area contributed by atoms with Gasteiger partial charge in [-0.15, -0.1) is 0 Å². The van der Waals surface area contributed by atoms with Gasteiger partial charge in [0, 0.05) is 10.2 Å². The summed E-state index contributed by atoms with van der Waals surface area (Å²) in [5.74, 6) is -0.781. The third kappa shape index (κ3) is 4.77. The van der Waals surface area contributed by atoms with Crippen LogP contribution in [0.4, 0.5) is 5.69 Å². The first-order chi connectivity index (χ1) is 13.4. The lowest BCUT2D eigenvalue weighted by Gasteiger charge is -2.09. The number of hydrazine groups is 1. The highest BCUT2D eigenvalue weighted by atomic mass is 79.9. The molecule has 0 aliphatic heterocycles. The Balaban J connectivity index is 1.55. The standard InChI is InChI=1S/C20H20BrN5O2/c1-13-3-7-16(8-4-13)22-12-19(27)24-25-20(28)18-11-23-26(14(18)2)17-9-5-15(21)6-10-17/h3-11,22H,12H2,1-2H3,(H,24,27)(H,25,28). The van der Waals surface area contributed by atoms with E-state index in [9.17, 15) is 9.59 Å². The first kappa shape index (κ1) is 19.6. The number of nitrogens with one attached hydrogen (secondary N) is 3. The van der Waals surface area contributed by atoms with Crippen LogP contribution in [0.25, 0.3) is 5.69 Å². The Kier molecular flexibility index (Phi) is 6.10. The number of rotatable bonds is 5. The van der Waals surface area contributed by atoms with Crippen molar-refractivity contribution in [1.29, 1.82) is 0 Å². The predicted octanol–water partition coefficient (Wildman–Crippen LogP) is 3.12. The molecule has 3 rings (SSSR count). The van der Waals surface area contributed by atoms with Gasteiger partial charge >= 0.3 is 0 Å². The third-order valence-corrected chi connectivity index (χ3v) is 4.67. The number of hydrogen-bond acceptors (Lipinski definition) is 4. The summed E-state index contributed by atoms with van der Waals surface area (Å²) in [7, 11) is 0. The monoisotopic (exact) mass is 441 g/mol. The van der Waals surface area contributed by atoms with Crippen molar-refractivity contribution in [3.63, 3.8) is 0 Å². The number of carbonyl (C=O) groups excluding carboxylic acids is 2. The van der Waals surface area contributed by atoms with Crippen molar-refractivity contribution in [3.05, 3.63) is 76.0 Å². The second kappa shape index (κ2) is 8.71. The Bertz CT molecular complexity index is 981. The fourth-order valence-corrected chi connectivity index (χ4v) is 2.83. The van der Waals surface area contributed by atoms with E-state index in [0.29, 0.717) is 11.3 Å². The molecule has 0 aliphatic carbocycles. The first-order valence-electron chi connectivity index (χ1n) is 8.64. The van der Waals surface area contributed by atoms with Gasteiger partial charge < -0.3 is 5.32 Å². The predicted molar refractivity (Wildman–Crippen MR) is 111 cm³/mol. The van der Waals surface area contributed by atoms with Gasteiger partial charge in [0.25, 0.3) is 11.8 Å². The lowest BCUT2D eigenvalue weighted by atomic mass is 10.2. The largest absolute Gasteiger partial charge is 0.376 e. The molecule has 8 heteroatoms. The van der Waals surface area contributed by atoms with E-state index in [0.717, 1.165) is 21.4 Å². The van der Waals surface area contributed by atoms with E-state index >= 15 is 0 Å². The van der Waals surface area contributed by atoms with Gasteiger partial charge in [0.05, 0.1) is 29.7 Å². The first-order valence-corrected chi connectivity index (χ1v) is 9.43. The van der Waals surface area contributed by atoms with E-state index in [1.54, 1.807) is 11.6 Å². The topological polar surface area (TPSA) is 88.1 Å². The number of nitrogens with zero attached hydrogens (tertiary/aromatic N) is 2. The van der Waals surface area contributed by atoms with Crippen molar-refractivity contribution in [2.75, 3.05) is 11.9 Å². The Hall–Kier alpha value is -3.13. The minimum absolute atomic E-state index is 0.0421. The molecule has 0 spiro atoms. The van der Waals surface area contributed by atoms with Crippen molar-refractivity contribution >= 4 is 33.4 Å². The highest BCUT2D eigenvalue weighted by Gasteiger charge is 2.15. The van der Waals surface area contributed by atoms with Crippen LogP contribution in [0.5, 0.6) is 0 Å². The number of hydrogen-bond donors (Lipinski definition) is 3. The van der Waals surface area contributed by atoms with Crippen molar-refractivity contribution in [1.82, 2.24) is 20.6 Å². The molecule has 7 nitrogen and oxygen atoms in total. The van der Waals surface area contributed by atoms with Gasteiger partial charge in [-0.2, -0.15) is 5.10 Å². The van der Waals surface area contributed by atoms with Crippen LogP contribution in [0.3, 0.4) is 0 Å². The fourth-order valence-electron chi connectivity index (χ4n) is 2.57. The molecule has 28 heavy (non-hydrogen) atoms. The second-order valence-electron chi connectivity index (χ2n) is 6.25. The van der Waals surface area contributed by atoms with Crippen LogP contribution in [-0.2, 0) is 4.79 Å². The van der Waals surface area contributed by atoms with Gasteiger partial charge in [0.2, 0.25) is 0 Å². The Labute approximate surface area is 171 Å². The summed E-state index contributed by atoms with van der Waals surface area (Å²) in [6.45, 7) is 3.83. The molecule has 0 saturated heterocycles. The maximum Gasteiger partial charge on any atom is 0.273 e. The molecule has 0 unspecified atom stereocenters. The molecule has 0 aliphatic rings. The van der Waals surface area contributed by atoms with Gasteiger partial charge in [-0.1, -0.05) is 33.6 Å². The van der Waals surface area contributed by atoms with Crippen LogP contribution in [0.2, 0.25) is 0 Å². The number of anilines is 1. The zero-order valence-corrected chi connectivity index (χ0v) is 17.1. The molecular weight excluding hydrogens is 422 g/mol. The summed E-state index contributed by atoms with van der Waals surface area (Å²) >= 11 is 3.39. The number of carbonyl (C=O) groups is 2. The van der Waals surface area contributed by atoms with E-state index in [4.69, 9.17) is 0 Å². The van der Waals surface area contributed by atoms with Crippen LogP contribution >= 0.6 is 15.9 Å². The third-order valence-electron chi connectivity index (χ3n) is 4.15. The van der Waals surface area contributed by atoms with Crippen LogP contribution in [0.1, 0.15) is 21.6 Å². The number of aromatic nitrogens is 2. The number of benzene rings is 2. The molecule has 1 aromatic heterocycles. The SMILES string of the molecule is Cc1ccc(NCC(=O)NNC(=O)c2cnn(-c3ccc(Br)cc3)c2C)cc1. The van der Waals surface area contributed by atoms with Gasteiger partial charge in [0.15, 0.2) is 0 Å². The van der Waals surface area contributed by atoms with E-state index in [-0.39, 0.29) is 12.5 Å². The van der Waals surface area contributed by atoms with E-state index in [2.05, 4.69) is 37.2 Å². The molecule has 0 fully saturated rings. The molecule has 2 aromatic carbocycles. The maximum absolute atomic E-state index is 12.4. The van der Waals surface area contributed by atoms with Gasteiger partial charge in [-0.3, -0.25) is 20.4 Å². The van der Waals surface area contributed by atoms with Gasteiger partial charge in [-0.05, 0) is 50.2 Å². The van der Waals surface area contributed by atoms with Crippen molar-refractivity contribution in [2.24, 2.45) is 0 Å². The number of aryl methyl sites for hydroxylation is 1. The lowest BCUT2D eigenvalue weighted by molar-refractivity contribution is -0.120. The Morgan fingerprint density at radius 2 is 1.68 bits per heavy atom. The van der Waals surface area contributed by atoms with Crippen molar-refractivity contribution in [2.45, 2.75) is 13.8 Å². The van der Waals surface area contributed by atoms with Gasteiger partial charge in [0.1, 0.15) is 0 Å². The minimum Gasteiger partial charge on any atom is -0.376 e. The quantitative estimate of drug-likeness (QED) is 0.530. The second-order valence-corrected chi connectivity index (χ2v) is 7.17. The van der Waals surface area contributed by atoms with Crippen molar-refractivity contribution < 1.29 is 9.59 Å². The molecule has 0 radical (unpaired) electrons. The average molecular weight is 442 g/mol. The summed E-state index contributed by atoms with van der Waals surface area (Å²) < 4.78 is 2.63. The number of amides is 2. The molecule has 0 saturated carbocycles. The van der Waals surface area contributed by atoms with Crippen molar-refractivity contribution in [3.8, 4) is 5.69 Å².